The number of carbonyl (C=O) groups is 2. The maximum Gasteiger partial charge on any atom is 0.311 e. The maximum absolute atomic E-state index is 12.9. The molecule has 0 heterocycles. The van der Waals surface area contributed by atoms with E-state index in [-0.39, 0.29) is 25.2 Å². The van der Waals surface area contributed by atoms with Crippen molar-refractivity contribution in [2.75, 3.05) is 27.2 Å². The quantitative estimate of drug-likeness (QED) is 0.567. The molecule has 0 aromatic heterocycles. The topological polar surface area (TPSA) is 55.8 Å². The number of hydrogen-bond donors (Lipinski definition) is 0. The Balaban J connectivity index is 2.32. The Morgan fingerprint density at radius 2 is 1.62 bits per heavy atom. The smallest absolute Gasteiger partial charge is 0.311 e. The fourth-order valence-corrected chi connectivity index (χ4v) is 1.39. The highest BCUT2D eigenvalue weighted by Crippen LogP contribution is 2.16. The predicted octanol–water partition coefficient (Wildman–Crippen LogP) is 1.76. The maximum atomic E-state index is 12.9. The van der Waals surface area contributed by atoms with Crippen LogP contribution in [0.4, 0.5) is 8.78 Å². The van der Waals surface area contributed by atoms with Gasteiger partial charge in [-0.15, -0.1) is 0 Å². The van der Waals surface area contributed by atoms with Crippen molar-refractivity contribution >= 4 is 11.9 Å². The molecule has 0 fully saturated rings. The molecular formula is C14H17F2NO4. The molecule has 0 aliphatic rings. The van der Waals surface area contributed by atoms with Crippen LogP contribution in [0.1, 0.15) is 12.8 Å². The van der Waals surface area contributed by atoms with Crippen LogP contribution < -0.4 is 4.74 Å². The van der Waals surface area contributed by atoms with Gasteiger partial charge in [-0.2, -0.15) is 0 Å². The third-order valence-electron chi connectivity index (χ3n) is 2.40. The predicted molar refractivity (Wildman–Crippen MR) is 70.7 cm³/mol. The lowest BCUT2D eigenvalue weighted by Crippen LogP contribution is -2.20. The molecular weight excluding hydrogens is 284 g/mol. The Kier molecular flexibility index (Phi) is 6.74. The van der Waals surface area contributed by atoms with Gasteiger partial charge in [0.1, 0.15) is 24.0 Å². The Morgan fingerprint density at radius 1 is 1.05 bits per heavy atom. The molecule has 0 amide bonds. The van der Waals surface area contributed by atoms with Gasteiger partial charge >= 0.3 is 11.9 Å². The summed E-state index contributed by atoms with van der Waals surface area (Å²) >= 11 is 0. The minimum absolute atomic E-state index is 0.149. The number of benzene rings is 1. The van der Waals surface area contributed by atoms with Gasteiger partial charge in [-0.05, 0) is 14.1 Å². The van der Waals surface area contributed by atoms with Crippen molar-refractivity contribution in [3.8, 4) is 5.75 Å². The van der Waals surface area contributed by atoms with Gasteiger partial charge in [0.15, 0.2) is 0 Å². The van der Waals surface area contributed by atoms with E-state index in [1.54, 1.807) is 0 Å². The first-order valence-corrected chi connectivity index (χ1v) is 6.34. The van der Waals surface area contributed by atoms with Gasteiger partial charge in [0.05, 0.1) is 12.8 Å². The number of likely N-dealkylation sites (N-methyl/N-ethyl adjacent to an activating group) is 1. The molecule has 0 aliphatic carbocycles. The Hall–Kier alpha value is -2.02. The summed E-state index contributed by atoms with van der Waals surface area (Å²) in [4.78, 5) is 24.6. The Morgan fingerprint density at radius 3 is 2.19 bits per heavy atom. The molecule has 0 bridgehead atoms. The summed E-state index contributed by atoms with van der Waals surface area (Å²) in [6.45, 7) is 0.814. The summed E-state index contributed by atoms with van der Waals surface area (Å²) in [7, 11) is 3.67. The Labute approximate surface area is 121 Å². The molecule has 0 saturated heterocycles. The molecule has 116 valence electrons. The SMILES string of the molecule is CN(C)CCOC(=O)CCC(=O)Oc1cc(F)cc(F)c1. The van der Waals surface area contributed by atoms with Crippen LogP contribution in [-0.4, -0.2) is 44.1 Å². The van der Waals surface area contributed by atoms with Crippen molar-refractivity contribution in [2.24, 2.45) is 0 Å². The fourth-order valence-electron chi connectivity index (χ4n) is 1.39. The van der Waals surface area contributed by atoms with Crippen molar-refractivity contribution in [3.63, 3.8) is 0 Å². The highest BCUT2D eigenvalue weighted by molar-refractivity contribution is 5.79. The van der Waals surface area contributed by atoms with Crippen LogP contribution in [-0.2, 0) is 14.3 Å². The molecule has 0 aliphatic heterocycles. The number of ether oxygens (including phenoxy) is 2. The average Bonchev–Trinajstić information content (AvgIpc) is 2.34. The first-order valence-electron chi connectivity index (χ1n) is 6.34. The van der Waals surface area contributed by atoms with Crippen molar-refractivity contribution in [3.05, 3.63) is 29.8 Å². The molecule has 1 rings (SSSR count). The zero-order chi connectivity index (χ0) is 15.8. The van der Waals surface area contributed by atoms with E-state index in [0.717, 1.165) is 12.1 Å². The van der Waals surface area contributed by atoms with E-state index in [0.29, 0.717) is 12.6 Å². The second-order valence-corrected chi connectivity index (χ2v) is 4.60. The third kappa shape index (κ3) is 7.36. The lowest BCUT2D eigenvalue weighted by Gasteiger charge is -2.09. The lowest BCUT2D eigenvalue weighted by atomic mass is 10.3. The number of hydrogen-bond acceptors (Lipinski definition) is 5. The molecule has 0 radical (unpaired) electrons. The first-order chi connectivity index (χ1) is 9.86. The van der Waals surface area contributed by atoms with E-state index < -0.39 is 23.6 Å². The van der Waals surface area contributed by atoms with Gasteiger partial charge < -0.3 is 14.4 Å². The van der Waals surface area contributed by atoms with Crippen LogP contribution in [0.25, 0.3) is 0 Å². The third-order valence-corrected chi connectivity index (χ3v) is 2.40. The minimum atomic E-state index is -0.846. The van der Waals surface area contributed by atoms with Crippen LogP contribution in [0.3, 0.4) is 0 Å². The first kappa shape index (κ1) is 17.0. The van der Waals surface area contributed by atoms with Crippen molar-refractivity contribution in [1.82, 2.24) is 4.90 Å². The van der Waals surface area contributed by atoms with Gasteiger partial charge in [0, 0.05) is 24.7 Å². The molecule has 5 nitrogen and oxygen atoms in total. The summed E-state index contributed by atoms with van der Waals surface area (Å²) in [5.74, 6) is -3.22. The van der Waals surface area contributed by atoms with E-state index in [4.69, 9.17) is 9.47 Å². The molecule has 0 atom stereocenters. The van der Waals surface area contributed by atoms with Gasteiger partial charge in [0.2, 0.25) is 0 Å². The largest absolute Gasteiger partial charge is 0.464 e. The van der Waals surface area contributed by atoms with Crippen LogP contribution in [0.15, 0.2) is 18.2 Å². The average molecular weight is 301 g/mol. The normalized spacial score (nSPS) is 10.5. The van der Waals surface area contributed by atoms with Crippen LogP contribution in [0.2, 0.25) is 0 Å². The number of rotatable bonds is 7. The highest BCUT2D eigenvalue weighted by atomic mass is 19.1. The zero-order valence-electron chi connectivity index (χ0n) is 11.9. The second kappa shape index (κ2) is 8.31. The zero-order valence-corrected chi connectivity index (χ0v) is 11.9. The summed E-state index contributed by atoms with van der Waals surface area (Å²) in [6, 6.07) is 2.44. The van der Waals surface area contributed by atoms with E-state index in [1.807, 2.05) is 19.0 Å². The summed E-state index contributed by atoms with van der Waals surface area (Å²) in [6.07, 6.45) is -0.372. The molecule has 1 aromatic rings. The Bertz CT molecular complexity index is 485. The van der Waals surface area contributed by atoms with Gasteiger partial charge in [-0.3, -0.25) is 9.59 Å². The number of halogens is 2. The minimum Gasteiger partial charge on any atom is -0.464 e. The highest BCUT2D eigenvalue weighted by Gasteiger charge is 2.11. The van der Waals surface area contributed by atoms with Gasteiger partial charge in [0.25, 0.3) is 0 Å². The standard InChI is InChI=1S/C14H17F2NO4/c1-17(2)5-6-20-13(18)3-4-14(19)21-12-8-10(15)7-11(16)9-12/h7-9H,3-6H2,1-2H3. The van der Waals surface area contributed by atoms with Crippen molar-refractivity contribution in [1.29, 1.82) is 0 Å². The summed E-state index contributed by atoms with van der Waals surface area (Å²) in [5, 5.41) is 0. The molecule has 7 heteroatoms. The van der Waals surface area contributed by atoms with E-state index >= 15 is 0 Å². The molecule has 0 N–H and O–H groups in total. The van der Waals surface area contributed by atoms with Crippen LogP contribution in [0.5, 0.6) is 5.75 Å². The van der Waals surface area contributed by atoms with Gasteiger partial charge in [-0.1, -0.05) is 0 Å². The molecule has 0 spiro atoms. The monoisotopic (exact) mass is 301 g/mol. The molecule has 21 heavy (non-hydrogen) atoms. The number of carbonyl (C=O) groups excluding carboxylic acids is 2. The van der Waals surface area contributed by atoms with Crippen LogP contribution >= 0.6 is 0 Å². The second-order valence-electron chi connectivity index (χ2n) is 4.60. The van der Waals surface area contributed by atoms with E-state index in [1.165, 1.54) is 0 Å². The van der Waals surface area contributed by atoms with Crippen molar-refractivity contribution < 1.29 is 27.8 Å². The number of esters is 2. The molecule has 1 aromatic carbocycles. The van der Waals surface area contributed by atoms with Gasteiger partial charge in [-0.25, -0.2) is 8.78 Å². The summed E-state index contributed by atoms with van der Waals surface area (Å²) < 4.78 is 35.4. The van der Waals surface area contributed by atoms with E-state index in [2.05, 4.69) is 0 Å². The summed E-state index contributed by atoms with van der Waals surface area (Å²) in [5.41, 5.74) is 0. The molecule has 0 saturated carbocycles. The van der Waals surface area contributed by atoms with Crippen molar-refractivity contribution in [2.45, 2.75) is 12.8 Å². The van der Waals surface area contributed by atoms with Crippen LogP contribution in [0, 0.1) is 11.6 Å². The van der Waals surface area contributed by atoms with E-state index in [9.17, 15) is 18.4 Å². The number of nitrogens with zero attached hydrogens (tertiary/aromatic N) is 1. The fraction of sp³-hybridized carbons (Fsp3) is 0.429. The molecule has 0 unspecified atom stereocenters. The lowest BCUT2D eigenvalue weighted by molar-refractivity contribution is -0.147.